The van der Waals surface area contributed by atoms with Gasteiger partial charge in [0.05, 0.1) is 27.5 Å². The fourth-order valence-corrected chi connectivity index (χ4v) is 2.83. The molecule has 0 aliphatic carbocycles. The highest BCUT2D eigenvalue weighted by atomic mass is 35.5. The molecule has 5 nitrogen and oxygen atoms in total. The zero-order chi connectivity index (χ0) is 17.3. The second-order valence-corrected chi connectivity index (χ2v) is 5.86. The molecule has 24 heavy (non-hydrogen) atoms. The third-order valence-corrected chi connectivity index (χ3v) is 4.07. The molecule has 2 aromatic rings. The molecular weight excluding hydrogens is 328 g/mol. The number of anilines is 2. The molecule has 0 fully saturated rings. The van der Waals surface area contributed by atoms with E-state index in [1.54, 1.807) is 36.4 Å². The average Bonchev–Trinajstić information content (AvgIpc) is 2.82. The highest BCUT2D eigenvalue weighted by Gasteiger charge is 2.36. The highest BCUT2D eigenvalue weighted by Crippen LogP contribution is 2.32. The minimum Gasteiger partial charge on any atom is -0.325 e. The first-order valence-electron chi connectivity index (χ1n) is 7.60. The van der Waals surface area contributed by atoms with Crippen LogP contribution < -0.4 is 10.2 Å². The average molecular weight is 343 g/mol. The molecule has 1 aliphatic heterocycles. The minimum absolute atomic E-state index is 0.132. The largest absolute Gasteiger partial charge is 0.325 e. The topological polar surface area (TPSA) is 66.5 Å². The molecule has 0 saturated carbocycles. The van der Waals surface area contributed by atoms with E-state index in [2.05, 4.69) is 5.32 Å². The molecule has 0 radical (unpaired) electrons. The van der Waals surface area contributed by atoms with Crippen molar-refractivity contribution in [3.8, 4) is 0 Å². The van der Waals surface area contributed by atoms with Gasteiger partial charge in [-0.15, -0.1) is 0 Å². The van der Waals surface area contributed by atoms with Crippen molar-refractivity contribution in [2.45, 2.75) is 19.8 Å². The van der Waals surface area contributed by atoms with Crippen LogP contribution in [-0.2, 0) is 4.79 Å². The summed E-state index contributed by atoms with van der Waals surface area (Å²) in [6.45, 7) is 1.91. The standard InChI is InChI=1S/C18H15ClN2O3/c1-2-5-16(22)20-15-9-8-11(10-14(15)19)21-17(23)12-6-3-4-7-13(12)18(21)24/h3-4,6-10H,2,5H2,1H3,(H,20,22). The van der Waals surface area contributed by atoms with Crippen molar-refractivity contribution in [3.05, 3.63) is 58.6 Å². The van der Waals surface area contributed by atoms with Crippen LogP contribution in [0.15, 0.2) is 42.5 Å². The van der Waals surface area contributed by atoms with E-state index in [0.29, 0.717) is 28.9 Å². The Morgan fingerprint density at radius 1 is 1.08 bits per heavy atom. The lowest BCUT2D eigenvalue weighted by atomic mass is 10.1. The summed E-state index contributed by atoms with van der Waals surface area (Å²) in [6.07, 6.45) is 1.13. The van der Waals surface area contributed by atoms with Gasteiger partial charge in [-0.25, -0.2) is 4.90 Å². The lowest BCUT2D eigenvalue weighted by Gasteiger charge is -2.15. The van der Waals surface area contributed by atoms with Crippen molar-refractivity contribution < 1.29 is 14.4 Å². The fraction of sp³-hybridized carbons (Fsp3) is 0.167. The van der Waals surface area contributed by atoms with E-state index < -0.39 is 0 Å². The van der Waals surface area contributed by atoms with Crippen LogP contribution in [0.1, 0.15) is 40.5 Å². The number of hydrogen-bond acceptors (Lipinski definition) is 3. The number of amides is 3. The lowest BCUT2D eigenvalue weighted by Crippen LogP contribution is -2.29. The minimum atomic E-state index is -0.380. The van der Waals surface area contributed by atoms with Gasteiger partial charge in [0, 0.05) is 6.42 Å². The van der Waals surface area contributed by atoms with Gasteiger partial charge >= 0.3 is 0 Å². The molecule has 0 bridgehead atoms. The Morgan fingerprint density at radius 2 is 1.71 bits per heavy atom. The van der Waals surface area contributed by atoms with Crippen LogP contribution >= 0.6 is 11.6 Å². The molecule has 122 valence electrons. The van der Waals surface area contributed by atoms with Crippen LogP contribution in [0, 0.1) is 0 Å². The number of carbonyl (C=O) groups excluding carboxylic acids is 3. The molecule has 0 saturated heterocycles. The summed E-state index contributed by atoms with van der Waals surface area (Å²) >= 11 is 6.19. The number of halogens is 1. The fourth-order valence-electron chi connectivity index (χ4n) is 2.61. The van der Waals surface area contributed by atoms with Gasteiger partial charge < -0.3 is 5.32 Å². The SMILES string of the molecule is CCCC(=O)Nc1ccc(N2C(=O)c3ccccc3C2=O)cc1Cl. The number of carbonyl (C=O) groups is 3. The zero-order valence-electron chi connectivity index (χ0n) is 13.0. The molecule has 0 spiro atoms. The third kappa shape index (κ3) is 2.78. The molecular formula is C18H15ClN2O3. The number of hydrogen-bond donors (Lipinski definition) is 1. The van der Waals surface area contributed by atoms with E-state index in [9.17, 15) is 14.4 Å². The van der Waals surface area contributed by atoms with Crippen molar-refractivity contribution in [2.24, 2.45) is 0 Å². The van der Waals surface area contributed by atoms with Crippen LogP contribution in [0.3, 0.4) is 0 Å². The predicted octanol–water partition coefficient (Wildman–Crippen LogP) is 3.88. The summed E-state index contributed by atoms with van der Waals surface area (Å²) in [6, 6.07) is 11.4. The first kappa shape index (κ1) is 16.2. The Morgan fingerprint density at radius 3 is 2.25 bits per heavy atom. The molecule has 1 aliphatic rings. The molecule has 3 amide bonds. The number of benzene rings is 2. The van der Waals surface area contributed by atoms with Gasteiger partial charge in [0.15, 0.2) is 0 Å². The first-order valence-corrected chi connectivity index (χ1v) is 7.98. The van der Waals surface area contributed by atoms with Crippen molar-refractivity contribution in [3.63, 3.8) is 0 Å². The van der Waals surface area contributed by atoms with E-state index in [0.717, 1.165) is 11.3 Å². The maximum Gasteiger partial charge on any atom is 0.266 e. The first-order chi connectivity index (χ1) is 11.5. The number of rotatable bonds is 4. The number of imide groups is 1. The van der Waals surface area contributed by atoms with Crippen molar-refractivity contribution in [2.75, 3.05) is 10.2 Å². The number of fused-ring (bicyclic) bond motifs is 1. The maximum absolute atomic E-state index is 12.5. The Labute approximate surface area is 144 Å². The molecule has 0 atom stereocenters. The van der Waals surface area contributed by atoms with Crippen LogP contribution in [0.25, 0.3) is 0 Å². The van der Waals surface area contributed by atoms with E-state index in [1.165, 1.54) is 6.07 Å². The second-order valence-electron chi connectivity index (χ2n) is 5.45. The molecule has 0 unspecified atom stereocenters. The van der Waals surface area contributed by atoms with Gasteiger partial charge in [-0.2, -0.15) is 0 Å². The highest BCUT2D eigenvalue weighted by molar-refractivity contribution is 6.36. The summed E-state index contributed by atoms with van der Waals surface area (Å²) in [4.78, 5) is 37.7. The van der Waals surface area contributed by atoms with Gasteiger partial charge in [-0.05, 0) is 36.8 Å². The number of nitrogens with zero attached hydrogens (tertiary/aromatic N) is 1. The lowest BCUT2D eigenvalue weighted by molar-refractivity contribution is -0.116. The van der Waals surface area contributed by atoms with Gasteiger partial charge in [0.25, 0.3) is 11.8 Å². The van der Waals surface area contributed by atoms with Crippen LogP contribution in [0.5, 0.6) is 0 Å². The Kier molecular flexibility index (Phi) is 4.36. The zero-order valence-corrected chi connectivity index (χ0v) is 13.8. The molecule has 0 aromatic heterocycles. The summed E-state index contributed by atoms with van der Waals surface area (Å²) in [5.74, 6) is -0.892. The van der Waals surface area contributed by atoms with Crippen molar-refractivity contribution >= 4 is 40.7 Å². The van der Waals surface area contributed by atoms with Crippen molar-refractivity contribution in [1.29, 1.82) is 0 Å². The van der Waals surface area contributed by atoms with E-state index >= 15 is 0 Å². The van der Waals surface area contributed by atoms with Gasteiger partial charge in [-0.1, -0.05) is 30.7 Å². The predicted molar refractivity (Wildman–Crippen MR) is 92.6 cm³/mol. The third-order valence-electron chi connectivity index (χ3n) is 3.76. The Balaban J connectivity index is 1.89. The molecule has 6 heteroatoms. The molecule has 1 N–H and O–H groups in total. The second kappa shape index (κ2) is 6.45. The molecule has 1 heterocycles. The maximum atomic E-state index is 12.5. The number of nitrogens with one attached hydrogen (secondary N) is 1. The van der Waals surface area contributed by atoms with Gasteiger partial charge in [-0.3, -0.25) is 14.4 Å². The summed E-state index contributed by atoms with van der Waals surface area (Å²) in [7, 11) is 0. The van der Waals surface area contributed by atoms with Gasteiger partial charge in [0.2, 0.25) is 5.91 Å². The quantitative estimate of drug-likeness (QED) is 0.857. The van der Waals surface area contributed by atoms with Crippen molar-refractivity contribution in [1.82, 2.24) is 0 Å². The molecule has 2 aromatic carbocycles. The summed E-state index contributed by atoms with van der Waals surface area (Å²) < 4.78 is 0. The smallest absolute Gasteiger partial charge is 0.266 e. The van der Waals surface area contributed by atoms with E-state index in [-0.39, 0.29) is 22.7 Å². The normalized spacial score (nSPS) is 13.2. The monoisotopic (exact) mass is 342 g/mol. The van der Waals surface area contributed by atoms with E-state index in [1.807, 2.05) is 6.92 Å². The van der Waals surface area contributed by atoms with Crippen LogP contribution in [0.2, 0.25) is 5.02 Å². The van der Waals surface area contributed by atoms with Gasteiger partial charge in [0.1, 0.15) is 0 Å². The summed E-state index contributed by atoms with van der Waals surface area (Å²) in [5.41, 5.74) is 1.58. The Bertz CT molecular complexity index is 813. The van der Waals surface area contributed by atoms with E-state index in [4.69, 9.17) is 11.6 Å². The molecule has 3 rings (SSSR count). The van der Waals surface area contributed by atoms with Crippen LogP contribution in [0.4, 0.5) is 11.4 Å². The van der Waals surface area contributed by atoms with Crippen LogP contribution in [-0.4, -0.2) is 17.7 Å². The summed E-state index contributed by atoms with van der Waals surface area (Å²) in [5, 5.41) is 2.98. The Hall–Kier alpha value is -2.66.